The Labute approximate surface area is 70.2 Å². The van der Waals surface area contributed by atoms with Crippen molar-refractivity contribution in [3.05, 3.63) is 0 Å². The summed E-state index contributed by atoms with van der Waals surface area (Å²) in [5, 5.41) is 5.00. The predicted molar refractivity (Wildman–Crippen MR) is 43.7 cm³/mol. The molecule has 0 saturated carbocycles. The van der Waals surface area contributed by atoms with Gasteiger partial charge in [-0.25, -0.2) is 0 Å². The first-order valence-electron chi connectivity index (χ1n) is 3.75. The molecule has 66 valence electrons. The van der Waals surface area contributed by atoms with Crippen LogP contribution in [0.1, 0.15) is 13.8 Å². The smallest absolute Gasteiger partial charge is 0.276 e. The zero-order chi connectivity index (χ0) is 9.14. The van der Waals surface area contributed by atoms with Crippen molar-refractivity contribution in [2.24, 2.45) is 4.99 Å². The van der Waals surface area contributed by atoms with Gasteiger partial charge in [0, 0.05) is 6.04 Å². The molecule has 1 aliphatic rings. The number of nitrogens with zero attached hydrogens (tertiary/aromatic N) is 1. The van der Waals surface area contributed by atoms with E-state index in [9.17, 15) is 9.59 Å². The molecule has 0 spiro atoms. The van der Waals surface area contributed by atoms with E-state index in [-0.39, 0.29) is 18.4 Å². The van der Waals surface area contributed by atoms with Gasteiger partial charge in [-0.1, -0.05) is 0 Å². The van der Waals surface area contributed by atoms with E-state index < -0.39 is 11.8 Å². The number of carbonyl (C=O) groups is 2. The lowest BCUT2D eigenvalue weighted by atomic mass is 10.3. The first kappa shape index (κ1) is 8.70. The molecule has 1 heterocycles. The monoisotopic (exact) mass is 169 g/mol. The van der Waals surface area contributed by atoms with E-state index in [0.717, 1.165) is 0 Å². The first-order chi connectivity index (χ1) is 5.61. The van der Waals surface area contributed by atoms with Crippen molar-refractivity contribution in [3.63, 3.8) is 0 Å². The Morgan fingerprint density at radius 2 is 2.33 bits per heavy atom. The molecule has 1 rings (SSSR count). The van der Waals surface area contributed by atoms with Crippen molar-refractivity contribution >= 4 is 17.5 Å². The standard InChI is InChI=1S/C7H11N3O2/c1-4(2)10-7(12)5-6(11)9-3-8-5/h4H,3H2,1-2H3,(H,9,11)(H,10,12). The van der Waals surface area contributed by atoms with E-state index in [1.807, 2.05) is 13.8 Å². The topological polar surface area (TPSA) is 70.6 Å². The van der Waals surface area contributed by atoms with E-state index in [1.54, 1.807) is 0 Å². The second kappa shape index (κ2) is 3.34. The molecule has 0 fully saturated rings. The molecule has 0 unspecified atom stereocenters. The van der Waals surface area contributed by atoms with Gasteiger partial charge >= 0.3 is 0 Å². The van der Waals surface area contributed by atoms with Crippen LogP contribution in [0, 0.1) is 0 Å². The maximum Gasteiger partial charge on any atom is 0.276 e. The van der Waals surface area contributed by atoms with Gasteiger partial charge < -0.3 is 10.6 Å². The van der Waals surface area contributed by atoms with Crippen molar-refractivity contribution in [1.29, 1.82) is 0 Å². The third-order valence-corrected chi connectivity index (χ3v) is 1.33. The third kappa shape index (κ3) is 1.81. The normalized spacial score (nSPS) is 15.9. The first-order valence-corrected chi connectivity index (χ1v) is 3.75. The summed E-state index contributed by atoms with van der Waals surface area (Å²) in [5.74, 6) is -0.798. The molecule has 0 aromatic rings. The van der Waals surface area contributed by atoms with E-state index in [2.05, 4.69) is 15.6 Å². The summed E-state index contributed by atoms with van der Waals surface area (Å²) < 4.78 is 0. The van der Waals surface area contributed by atoms with E-state index >= 15 is 0 Å². The van der Waals surface area contributed by atoms with Gasteiger partial charge in [-0.2, -0.15) is 0 Å². The molecule has 0 atom stereocenters. The number of amides is 2. The number of hydrogen-bond donors (Lipinski definition) is 2. The van der Waals surface area contributed by atoms with Crippen molar-refractivity contribution in [3.8, 4) is 0 Å². The zero-order valence-electron chi connectivity index (χ0n) is 7.05. The highest BCUT2D eigenvalue weighted by molar-refractivity contribution is 6.65. The highest BCUT2D eigenvalue weighted by Gasteiger charge is 2.23. The van der Waals surface area contributed by atoms with Crippen molar-refractivity contribution in [2.75, 3.05) is 6.67 Å². The van der Waals surface area contributed by atoms with Crippen molar-refractivity contribution in [1.82, 2.24) is 10.6 Å². The number of carbonyl (C=O) groups excluding carboxylic acids is 2. The van der Waals surface area contributed by atoms with Gasteiger partial charge in [0.15, 0.2) is 5.71 Å². The molecular weight excluding hydrogens is 158 g/mol. The fourth-order valence-corrected chi connectivity index (χ4v) is 0.851. The van der Waals surface area contributed by atoms with Crippen LogP contribution in [0.4, 0.5) is 0 Å². The van der Waals surface area contributed by atoms with Crippen LogP contribution >= 0.6 is 0 Å². The highest BCUT2D eigenvalue weighted by Crippen LogP contribution is 1.89. The van der Waals surface area contributed by atoms with Gasteiger partial charge in [0.2, 0.25) is 0 Å². The summed E-state index contributed by atoms with van der Waals surface area (Å²) in [6.45, 7) is 3.86. The van der Waals surface area contributed by atoms with Crippen LogP contribution in [0.15, 0.2) is 4.99 Å². The summed E-state index contributed by atoms with van der Waals surface area (Å²) in [5.41, 5.74) is -0.0244. The van der Waals surface area contributed by atoms with Gasteiger partial charge in [-0.3, -0.25) is 14.6 Å². The molecule has 5 nitrogen and oxygen atoms in total. The Morgan fingerprint density at radius 1 is 1.67 bits per heavy atom. The number of nitrogens with one attached hydrogen (secondary N) is 2. The average Bonchev–Trinajstić information content (AvgIpc) is 2.33. The number of rotatable bonds is 2. The summed E-state index contributed by atoms with van der Waals surface area (Å²) in [6, 6.07) is 0.0219. The highest BCUT2D eigenvalue weighted by atomic mass is 16.2. The van der Waals surface area contributed by atoms with Gasteiger partial charge in [0.1, 0.15) is 6.67 Å². The molecule has 1 aliphatic heterocycles. The summed E-state index contributed by atoms with van der Waals surface area (Å²) >= 11 is 0. The molecule has 0 aliphatic carbocycles. The Morgan fingerprint density at radius 3 is 2.75 bits per heavy atom. The molecule has 5 heteroatoms. The van der Waals surface area contributed by atoms with E-state index in [1.165, 1.54) is 0 Å². The molecule has 0 radical (unpaired) electrons. The van der Waals surface area contributed by atoms with Crippen molar-refractivity contribution in [2.45, 2.75) is 19.9 Å². The van der Waals surface area contributed by atoms with Crippen LogP contribution in [0.3, 0.4) is 0 Å². The Bertz CT molecular complexity index is 245. The summed E-state index contributed by atoms with van der Waals surface area (Å²) in [4.78, 5) is 25.8. The molecule has 0 aromatic heterocycles. The lowest BCUT2D eigenvalue weighted by Crippen LogP contribution is -2.40. The fourth-order valence-electron chi connectivity index (χ4n) is 0.851. The van der Waals surface area contributed by atoms with E-state index in [0.29, 0.717) is 0 Å². The lowest BCUT2D eigenvalue weighted by Gasteiger charge is -2.05. The second-order valence-corrected chi connectivity index (χ2v) is 2.80. The Kier molecular flexibility index (Phi) is 2.42. The fraction of sp³-hybridized carbons (Fsp3) is 0.571. The second-order valence-electron chi connectivity index (χ2n) is 2.80. The van der Waals surface area contributed by atoms with Gasteiger partial charge in [-0.15, -0.1) is 0 Å². The SMILES string of the molecule is CC(C)NC(=O)C1=NCNC1=O. The predicted octanol–water partition coefficient (Wildman–Crippen LogP) is -0.961. The zero-order valence-corrected chi connectivity index (χ0v) is 7.05. The lowest BCUT2D eigenvalue weighted by molar-refractivity contribution is -0.118. The third-order valence-electron chi connectivity index (χ3n) is 1.33. The van der Waals surface area contributed by atoms with Gasteiger partial charge in [0.25, 0.3) is 11.8 Å². The van der Waals surface area contributed by atoms with E-state index in [4.69, 9.17) is 0 Å². The molecule has 12 heavy (non-hydrogen) atoms. The largest absolute Gasteiger partial charge is 0.348 e. The molecular formula is C7H11N3O2. The quantitative estimate of drug-likeness (QED) is 0.559. The summed E-state index contributed by atoms with van der Waals surface area (Å²) in [7, 11) is 0. The molecule has 0 bridgehead atoms. The number of aliphatic imine (C=N–C) groups is 1. The summed E-state index contributed by atoms with van der Waals surface area (Å²) in [6.07, 6.45) is 0. The molecule has 0 aromatic carbocycles. The Balaban J connectivity index is 2.58. The maximum atomic E-state index is 11.2. The molecule has 2 amide bonds. The maximum absolute atomic E-state index is 11.2. The average molecular weight is 169 g/mol. The van der Waals surface area contributed by atoms with Crippen LogP contribution in [0.2, 0.25) is 0 Å². The van der Waals surface area contributed by atoms with Gasteiger partial charge in [-0.05, 0) is 13.8 Å². The van der Waals surface area contributed by atoms with Crippen LogP contribution in [-0.2, 0) is 9.59 Å². The Hall–Kier alpha value is -1.39. The molecule has 2 N–H and O–H groups in total. The number of hydrogen-bond acceptors (Lipinski definition) is 3. The minimum Gasteiger partial charge on any atom is -0.348 e. The van der Waals surface area contributed by atoms with Crippen LogP contribution in [-0.4, -0.2) is 30.2 Å². The van der Waals surface area contributed by atoms with Crippen LogP contribution in [0.5, 0.6) is 0 Å². The van der Waals surface area contributed by atoms with Gasteiger partial charge in [0.05, 0.1) is 0 Å². The van der Waals surface area contributed by atoms with Crippen molar-refractivity contribution < 1.29 is 9.59 Å². The minimum atomic E-state index is -0.403. The van der Waals surface area contributed by atoms with Crippen LogP contribution < -0.4 is 10.6 Å². The minimum absolute atomic E-state index is 0.0219. The van der Waals surface area contributed by atoms with Crippen LogP contribution in [0.25, 0.3) is 0 Å². The molecule has 0 saturated heterocycles.